The minimum Gasteiger partial charge on any atom is -0.299 e. The van der Waals surface area contributed by atoms with Gasteiger partial charge in [-0.1, -0.05) is 11.3 Å². The van der Waals surface area contributed by atoms with Crippen LogP contribution in [-0.2, 0) is 6.54 Å². The molecule has 0 saturated heterocycles. The molecule has 0 bridgehead atoms. The van der Waals surface area contributed by atoms with Gasteiger partial charge in [0.25, 0.3) is 5.91 Å². The van der Waals surface area contributed by atoms with Crippen LogP contribution < -0.4 is 5.32 Å². The average molecular weight is 367 g/mol. The van der Waals surface area contributed by atoms with E-state index in [0.717, 1.165) is 22.7 Å². The van der Waals surface area contributed by atoms with Crippen molar-refractivity contribution >= 4 is 22.4 Å². The van der Waals surface area contributed by atoms with Crippen LogP contribution in [0.2, 0.25) is 0 Å². The van der Waals surface area contributed by atoms with Crippen LogP contribution in [0.25, 0.3) is 11.3 Å². The summed E-state index contributed by atoms with van der Waals surface area (Å²) in [6, 6.07) is 7.74. The number of nitrogens with zero attached hydrogens (tertiary/aromatic N) is 4. The van der Waals surface area contributed by atoms with Gasteiger partial charge >= 0.3 is 0 Å². The first-order chi connectivity index (χ1) is 12.5. The van der Waals surface area contributed by atoms with Crippen LogP contribution in [0.5, 0.6) is 0 Å². The van der Waals surface area contributed by atoms with Gasteiger partial charge in [-0.25, -0.2) is 4.98 Å². The molecule has 1 N–H and O–H groups in total. The Morgan fingerprint density at radius 2 is 1.92 bits per heavy atom. The number of rotatable bonds is 6. The van der Waals surface area contributed by atoms with E-state index in [-0.39, 0.29) is 5.91 Å². The molecule has 0 fully saturated rings. The summed E-state index contributed by atoms with van der Waals surface area (Å²) in [7, 11) is 2.07. The van der Waals surface area contributed by atoms with Crippen molar-refractivity contribution in [3.63, 3.8) is 0 Å². The Morgan fingerprint density at radius 3 is 2.54 bits per heavy atom. The zero-order chi connectivity index (χ0) is 18.5. The standard InChI is InChI=1S/C19H21N5OS/c1-13(2)24(3)12-16-17(14-6-4-8-20-10-14)22-19(26-16)23-18(25)15-7-5-9-21-11-15/h4-11,13H,12H2,1-3H3,(H,22,23,25). The molecule has 3 aromatic rings. The summed E-state index contributed by atoms with van der Waals surface area (Å²) in [6.45, 7) is 5.05. The van der Waals surface area contributed by atoms with Crippen LogP contribution in [0.1, 0.15) is 29.1 Å². The van der Waals surface area contributed by atoms with E-state index in [4.69, 9.17) is 0 Å². The maximum absolute atomic E-state index is 12.4. The summed E-state index contributed by atoms with van der Waals surface area (Å²) in [4.78, 5) is 28.6. The van der Waals surface area contributed by atoms with Crippen molar-refractivity contribution in [3.05, 3.63) is 59.5 Å². The fourth-order valence-corrected chi connectivity index (χ4v) is 3.36. The van der Waals surface area contributed by atoms with E-state index in [1.807, 2.05) is 12.1 Å². The summed E-state index contributed by atoms with van der Waals surface area (Å²) >= 11 is 1.49. The van der Waals surface area contributed by atoms with Gasteiger partial charge in [-0.05, 0) is 45.2 Å². The minimum absolute atomic E-state index is 0.214. The third-order valence-electron chi connectivity index (χ3n) is 4.05. The topological polar surface area (TPSA) is 71.0 Å². The van der Waals surface area contributed by atoms with E-state index in [0.29, 0.717) is 16.7 Å². The van der Waals surface area contributed by atoms with Crippen molar-refractivity contribution in [1.82, 2.24) is 19.9 Å². The third kappa shape index (κ3) is 4.30. The normalized spacial score (nSPS) is 11.1. The molecule has 0 atom stereocenters. The van der Waals surface area contributed by atoms with E-state index < -0.39 is 0 Å². The van der Waals surface area contributed by atoms with E-state index in [1.165, 1.54) is 11.3 Å². The molecule has 0 aliphatic rings. The molecule has 0 unspecified atom stereocenters. The number of carbonyl (C=O) groups is 1. The molecule has 3 heterocycles. The van der Waals surface area contributed by atoms with Crippen LogP contribution in [-0.4, -0.2) is 38.8 Å². The molecule has 134 valence electrons. The summed E-state index contributed by atoms with van der Waals surface area (Å²) in [5, 5.41) is 3.45. The van der Waals surface area contributed by atoms with Crippen LogP contribution >= 0.6 is 11.3 Å². The fourth-order valence-electron chi connectivity index (χ4n) is 2.32. The molecule has 6 nitrogen and oxygen atoms in total. The van der Waals surface area contributed by atoms with Crippen molar-refractivity contribution < 1.29 is 4.79 Å². The molecule has 0 saturated carbocycles. The van der Waals surface area contributed by atoms with E-state index in [1.54, 1.807) is 36.9 Å². The lowest BCUT2D eigenvalue weighted by atomic mass is 10.2. The fraction of sp³-hybridized carbons (Fsp3) is 0.263. The lowest BCUT2D eigenvalue weighted by molar-refractivity contribution is 0.102. The van der Waals surface area contributed by atoms with Gasteiger partial charge in [0.2, 0.25) is 0 Å². The van der Waals surface area contributed by atoms with E-state index in [2.05, 4.69) is 46.1 Å². The van der Waals surface area contributed by atoms with Gasteiger partial charge in [-0.3, -0.25) is 25.0 Å². The molecule has 26 heavy (non-hydrogen) atoms. The Kier molecular flexibility index (Phi) is 5.70. The van der Waals surface area contributed by atoms with Gasteiger partial charge in [-0.2, -0.15) is 0 Å². The average Bonchev–Trinajstić information content (AvgIpc) is 3.05. The van der Waals surface area contributed by atoms with Crippen LogP contribution in [0.4, 0.5) is 5.13 Å². The lowest BCUT2D eigenvalue weighted by Crippen LogP contribution is -2.25. The molecule has 1 amide bonds. The molecule has 0 radical (unpaired) electrons. The molecule has 0 spiro atoms. The highest BCUT2D eigenvalue weighted by Crippen LogP contribution is 2.32. The Morgan fingerprint density at radius 1 is 1.19 bits per heavy atom. The smallest absolute Gasteiger partial charge is 0.259 e. The van der Waals surface area contributed by atoms with E-state index in [9.17, 15) is 4.79 Å². The van der Waals surface area contributed by atoms with Crippen molar-refractivity contribution in [2.45, 2.75) is 26.4 Å². The largest absolute Gasteiger partial charge is 0.299 e. The number of nitrogens with one attached hydrogen (secondary N) is 1. The molecule has 0 aliphatic heterocycles. The quantitative estimate of drug-likeness (QED) is 0.719. The first-order valence-corrected chi connectivity index (χ1v) is 9.18. The number of amides is 1. The number of pyridine rings is 2. The van der Waals surface area contributed by atoms with Crippen LogP contribution in [0.3, 0.4) is 0 Å². The van der Waals surface area contributed by atoms with Crippen LogP contribution in [0.15, 0.2) is 49.1 Å². The Bertz CT molecular complexity index is 864. The molecule has 0 aliphatic carbocycles. The highest BCUT2D eigenvalue weighted by Gasteiger charge is 2.18. The monoisotopic (exact) mass is 367 g/mol. The summed E-state index contributed by atoms with van der Waals surface area (Å²) < 4.78 is 0. The number of carbonyl (C=O) groups excluding carboxylic acids is 1. The Labute approximate surface area is 157 Å². The Balaban J connectivity index is 1.89. The number of aromatic nitrogens is 3. The summed E-state index contributed by atoms with van der Waals surface area (Å²) in [5.41, 5.74) is 2.31. The second-order valence-corrected chi connectivity index (χ2v) is 7.32. The van der Waals surface area contributed by atoms with Crippen LogP contribution in [0, 0.1) is 0 Å². The van der Waals surface area contributed by atoms with Gasteiger partial charge in [0.15, 0.2) is 5.13 Å². The van der Waals surface area contributed by atoms with E-state index >= 15 is 0 Å². The Hall–Kier alpha value is -2.64. The number of hydrogen-bond donors (Lipinski definition) is 1. The zero-order valence-electron chi connectivity index (χ0n) is 15.0. The third-order valence-corrected chi connectivity index (χ3v) is 5.01. The lowest BCUT2D eigenvalue weighted by Gasteiger charge is -2.20. The molecule has 3 aromatic heterocycles. The maximum atomic E-state index is 12.4. The maximum Gasteiger partial charge on any atom is 0.259 e. The first-order valence-electron chi connectivity index (χ1n) is 8.36. The van der Waals surface area contributed by atoms with Gasteiger partial charge < -0.3 is 0 Å². The van der Waals surface area contributed by atoms with Crippen molar-refractivity contribution in [2.24, 2.45) is 0 Å². The molecular weight excluding hydrogens is 346 g/mol. The number of hydrogen-bond acceptors (Lipinski definition) is 6. The number of anilines is 1. The second kappa shape index (κ2) is 8.16. The predicted octanol–water partition coefficient (Wildman–Crippen LogP) is 3.69. The highest BCUT2D eigenvalue weighted by molar-refractivity contribution is 7.16. The summed E-state index contributed by atoms with van der Waals surface area (Å²) in [6.07, 6.45) is 6.71. The first kappa shape index (κ1) is 18.2. The van der Waals surface area contributed by atoms with Gasteiger partial charge in [0, 0.05) is 47.8 Å². The number of thiazole rings is 1. The van der Waals surface area contributed by atoms with Gasteiger partial charge in [-0.15, -0.1) is 0 Å². The second-order valence-electron chi connectivity index (χ2n) is 6.24. The van der Waals surface area contributed by atoms with Gasteiger partial charge in [0.05, 0.1) is 11.3 Å². The van der Waals surface area contributed by atoms with Crippen molar-refractivity contribution in [2.75, 3.05) is 12.4 Å². The minimum atomic E-state index is -0.214. The molecule has 7 heteroatoms. The molecule has 3 rings (SSSR count). The predicted molar refractivity (Wildman–Crippen MR) is 104 cm³/mol. The molecular formula is C19H21N5OS. The zero-order valence-corrected chi connectivity index (χ0v) is 15.8. The van der Waals surface area contributed by atoms with Crippen molar-refractivity contribution in [3.8, 4) is 11.3 Å². The van der Waals surface area contributed by atoms with Gasteiger partial charge in [0.1, 0.15) is 0 Å². The van der Waals surface area contributed by atoms with Crippen molar-refractivity contribution in [1.29, 1.82) is 0 Å². The molecule has 0 aromatic carbocycles. The SMILES string of the molecule is CC(C)N(C)Cc1sc(NC(=O)c2cccnc2)nc1-c1cccnc1. The highest BCUT2D eigenvalue weighted by atomic mass is 32.1. The summed E-state index contributed by atoms with van der Waals surface area (Å²) in [5.74, 6) is -0.214.